The topological polar surface area (TPSA) is 74.7 Å². The summed E-state index contributed by atoms with van der Waals surface area (Å²) in [4.78, 5) is 23.9. The van der Waals surface area contributed by atoms with Crippen LogP contribution in [0.15, 0.2) is 23.1 Å². The van der Waals surface area contributed by atoms with Crippen LogP contribution in [0.4, 0.5) is 4.39 Å². The first kappa shape index (κ1) is 15.3. The molecule has 0 saturated carbocycles. The number of benzene rings is 1. The van der Waals surface area contributed by atoms with E-state index in [2.05, 4.69) is 0 Å². The molecule has 0 bridgehead atoms. The van der Waals surface area contributed by atoms with Crippen molar-refractivity contribution >= 4 is 22.7 Å². The Hall–Kier alpha value is -1.76. The van der Waals surface area contributed by atoms with E-state index in [4.69, 9.17) is 5.11 Å². The molecule has 0 aliphatic heterocycles. The molecule has 0 heterocycles. The zero-order chi connectivity index (χ0) is 14.6. The number of carbonyl (C=O) groups excluding carboxylic acids is 1. The molecule has 19 heavy (non-hydrogen) atoms. The fourth-order valence-electron chi connectivity index (χ4n) is 1.29. The lowest BCUT2D eigenvalue weighted by Crippen LogP contribution is -2.30. The highest BCUT2D eigenvalue weighted by molar-refractivity contribution is 7.85. The molecule has 1 aromatic rings. The van der Waals surface area contributed by atoms with E-state index in [-0.39, 0.29) is 16.6 Å². The summed E-state index contributed by atoms with van der Waals surface area (Å²) in [6.07, 6.45) is 0. The number of amides is 1. The fraction of sp³-hybridized carbons (Fsp3) is 0.333. The summed E-state index contributed by atoms with van der Waals surface area (Å²) < 4.78 is 25.1. The van der Waals surface area contributed by atoms with Gasteiger partial charge in [0.1, 0.15) is 11.6 Å². The molecule has 1 rings (SSSR count). The van der Waals surface area contributed by atoms with Crippen LogP contribution in [0.25, 0.3) is 0 Å². The second kappa shape index (κ2) is 6.42. The van der Waals surface area contributed by atoms with Crippen LogP contribution in [-0.4, -0.2) is 45.4 Å². The molecule has 0 saturated heterocycles. The monoisotopic (exact) mass is 287 g/mol. The van der Waals surface area contributed by atoms with E-state index in [1.807, 2.05) is 0 Å². The molecule has 0 aliphatic carbocycles. The zero-order valence-corrected chi connectivity index (χ0v) is 11.4. The lowest BCUT2D eigenvalue weighted by molar-refractivity contribution is -0.126. The quantitative estimate of drug-likeness (QED) is 0.880. The first-order chi connectivity index (χ1) is 8.86. The van der Waals surface area contributed by atoms with Gasteiger partial charge in [-0.2, -0.15) is 0 Å². The van der Waals surface area contributed by atoms with Gasteiger partial charge in [0.15, 0.2) is 0 Å². The molecule has 1 amide bonds. The zero-order valence-electron chi connectivity index (χ0n) is 10.6. The third-order valence-electron chi connectivity index (χ3n) is 2.59. The summed E-state index contributed by atoms with van der Waals surface area (Å²) in [5.74, 6) is -2.91. The van der Waals surface area contributed by atoms with Gasteiger partial charge in [0.2, 0.25) is 5.91 Å². The number of carbonyl (C=O) groups is 2. The summed E-state index contributed by atoms with van der Waals surface area (Å²) in [6.45, 7) is 2.26. The lowest BCUT2D eigenvalue weighted by Gasteiger charge is -2.14. The number of hydrogen-bond donors (Lipinski definition) is 1. The third kappa shape index (κ3) is 3.85. The SMILES string of the molecule is CCN(C)C(=O)CS(=O)c1ccc(F)c(C(=O)O)c1. The number of carboxylic acids is 1. The van der Waals surface area contributed by atoms with Gasteiger partial charge in [-0.1, -0.05) is 0 Å². The maximum absolute atomic E-state index is 13.2. The van der Waals surface area contributed by atoms with Crippen molar-refractivity contribution in [3.8, 4) is 0 Å². The van der Waals surface area contributed by atoms with E-state index in [1.54, 1.807) is 14.0 Å². The minimum Gasteiger partial charge on any atom is -0.478 e. The van der Waals surface area contributed by atoms with Crippen molar-refractivity contribution in [2.45, 2.75) is 11.8 Å². The van der Waals surface area contributed by atoms with Crippen LogP contribution in [0.3, 0.4) is 0 Å². The molecule has 5 nitrogen and oxygen atoms in total. The minimum absolute atomic E-state index is 0.122. The van der Waals surface area contributed by atoms with Gasteiger partial charge in [0.05, 0.1) is 16.4 Å². The fourth-order valence-corrected chi connectivity index (χ4v) is 2.37. The lowest BCUT2D eigenvalue weighted by atomic mass is 10.2. The van der Waals surface area contributed by atoms with E-state index in [0.717, 1.165) is 12.1 Å². The smallest absolute Gasteiger partial charge is 0.338 e. The molecule has 1 atom stereocenters. The van der Waals surface area contributed by atoms with E-state index in [1.165, 1.54) is 11.0 Å². The first-order valence-electron chi connectivity index (χ1n) is 5.52. The average molecular weight is 287 g/mol. The van der Waals surface area contributed by atoms with Crippen LogP contribution >= 0.6 is 0 Å². The summed E-state index contributed by atoms with van der Waals surface area (Å²) in [6, 6.07) is 3.15. The highest BCUT2D eigenvalue weighted by Gasteiger charge is 2.17. The van der Waals surface area contributed by atoms with Crippen molar-refractivity contribution in [2.75, 3.05) is 19.3 Å². The summed E-state index contributed by atoms with van der Waals surface area (Å²) in [7, 11) is -0.116. The summed E-state index contributed by atoms with van der Waals surface area (Å²) in [5.41, 5.74) is -0.554. The Kier molecular flexibility index (Phi) is 5.17. The largest absolute Gasteiger partial charge is 0.478 e. The van der Waals surface area contributed by atoms with Crippen LogP contribution in [0, 0.1) is 5.82 Å². The van der Waals surface area contributed by atoms with Crippen LogP contribution in [0.1, 0.15) is 17.3 Å². The van der Waals surface area contributed by atoms with Gasteiger partial charge >= 0.3 is 5.97 Å². The molecule has 1 N–H and O–H groups in total. The van der Waals surface area contributed by atoms with Gasteiger partial charge in [-0.15, -0.1) is 0 Å². The average Bonchev–Trinajstić information content (AvgIpc) is 2.37. The van der Waals surface area contributed by atoms with Crippen LogP contribution in [0.5, 0.6) is 0 Å². The Morgan fingerprint density at radius 3 is 2.58 bits per heavy atom. The Balaban J connectivity index is 2.92. The normalized spacial score (nSPS) is 11.9. The Morgan fingerprint density at radius 2 is 2.05 bits per heavy atom. The minimum atomic E-state index is -1.69. The molecule has 0 aromatic heterocycles. The van der Waals surface area contributed by atoms with Crippen LogP contribution in [0.2, 0.25) is 0 Å². The van der Waals surface area contributed by atoms with Crippen molar-refractivity contribution < 1.29 is 23.3 Å². The second-order valence-electron chi connectivity index (χ2n) is 3.84. The molecule has 104 valence electrons. The highest BCUT2D eigenvalue weighted by atomic mass is 32.2. The molecule has 0 fully saturated rings. The summed E-state index contributed by atoms with van der Waals surface area (Å²) in [5, 5.41) is 8.77. The van der Waals surface area contributed by atoms with Crippen LogP contribution < -0.4 is 0 Å². The number of aromatic carboxylic acids is 1. The number of halogens is 1. The molecule has 1 unspecified atom stereocenters. The number of hydrogen-bond acceptors (Lipinski definition) is 3. The van der Waals surface area contributed by atoms with Crippen molar-refractivity contribution in [1.29, 1.82) is 0 Å². The standard InChI is InChI=1S/C12H14FNO4S/c1-3-14(2)11(15)7-19(18)8-4-5-10(13)9(6-8)12(16)17/h4-6H,3,7H2,1-2H3,(H,16,17). The maximum atomic E-state index is 13.2. The van der Waals surface area contributed by atoms with Gasteiger partial charge in [0.25, 0.3) is 0 Å². The molecule has 0 radical (unpaired) electrons. The summed E-state index contributed by atoms with van der Waals surface area (Å²) >= 11 is 0. The van der Waals surface area contributed by atoms with Crippen molar-refractivity contribution in [3.05, 3.63) is 29.6 Å². The van der Waals surface area contributed by atoms with Gasteiger partial charge in [-0.25, -0.2) is 9.18 Å². The first-order valence-corrected chi connectivity index (χ1v) is 6.83. The van der Waals surface area contributed by atoms with Crippen molar-refractivity contribution in [3.63, 3.8) is 0 Å². The molecular formula is C12H14FNO4S. The third-order valence-corrected chi connectivity index (χ3v) is 3.87. The van der Waals surface area contributed by atoms with Crippen LogP contribution in [-0.2, 0) is 15.6 Å². The van der Waals surface area contributed by atoms with Gasteiger partial charge in [-0.3, -0.25) is 9.00 Å². The predicted octanol–water partition coefficient (Wildman–Crippen LogP) is 1.11. The van der Waals surface area contributed by atoms with E-state index in [9.17, 15) is 18.2 Å². The number of nitrogens with zero attached hydrogens (tertiary/aromatic N) is 1. The van der Waals surface area contributed by atoms with Gasteiger partial charge < -0.3 is 10.0 Å². The van der Waals surface area contributed by atoms with Gasteiger partial charge in [-0.05, 0) is 25.1 Å². The Bertz CT molecular complexity index is 532. The Morgan fingerprint density at radius 1 is 1.42 bits per heavy atom. The van der Waals surface area contributed by atoms with Crippen molar-refractivity contribution in [1.82, 2.24) is 4.90 Å². The van der Waals surface area contributed by atoms with E-state index in [0.29, 0.717) is 6.54 Å². The molecular weight excluding hydrogens is 273 g/mol. The maximum Gasteiger partial charge on any atom is 0.338 e. The molecule has 7 heteroatoms. The Labute approximate surface area is 112 Å². The van der Waals surface area contributed by atoms with Crippen molar-refractivity contribution in [2.24, 2.45) is 0 Å². The molecule has 0 aliphatic rings. The predicted molar refractivity (Wildman–Crippen MR) is 67.9 cm³/mol. The van der Waals surface area contributed by atoms with E-state index < -0.39 is 28.1 Å². The second-order valence-corrected chi connectivity index (χ2v) is 5.30. The molecule has 1 aromatic carbocycles. The molecule has 0 spiro atoms. The van der Waals surface area contributed by atoms with Gasteiger partial charge in [0, 0.05) is 18.5 Å². The number of rotatable bonds is 5. The highest BCUT2D eigenvalue weighted by Crippen LogP contribution is 2.14. The van der Waals surface area contributed by atoms with E-state index >= 15 is 0 Å². The number of carboxylic acid groups (broad SMARTS) is 1.